The lowest BCUT2D eigenvalue weighted by atomic mass is 10.1. The van der Waals surface area contributed by atoms with Crippen LogP contribution in [0.5, 0.6) is 0 Å². The maximum absolute atomic E-state index is 11.6. The Balaban J connectivity index is 3.08. The van der Waals surface area contributed by atoms with Crippen LogP contribution in [-0.4, -0.2) is 158 Å². The maximum Gasteiger partial charge on any atom is 0.305 e. The first-order chi connectivity index (χ1) is 27.3. The van der Waals surface area contributed by atoms with E-state index in [0.717, 1.165) is 25.9 Å². The van der Waals surface area contributed by atoms with Gasteiger partial charge in [-0.05, 0) is 12.8 Å². The first-order valence-corrected chi connectivity index (χ1v) is 21.8. The molecule has 13 heteroatoms. The molecule has 13 nitrogen and oxygen atoms in total. The largest absolute Gasteiger partial charge is 0.463 e. The van der Waals surface area contributed by atoms with Crippen molar-refractivity contribution in [3.8, 4) is 0 Å². The molecule has 0 fully saturated rings. The molecule has 330 valence electrons. The van der Waals surface area contributed by atoms with E-state index in [0.29, 0.717) is 145 Å². The highest BCUT2D eigenvalue weighted by atomic mass is 16.6. The van der Waals surface area contributed by atoms with E-state index < -0.39 is 0 Å². The fourth-order valence-corrected chi connectivity index (χ4v) is 5.15. The number of hydrogen-bond acceptors (Lipinski definition) is 13. The molecule has 0 atom stereocenters. The van der Waals surface area contributed by atoms with E-state index in [-0.39, 0.29) is 12.6 Å². The predicted molar refractivity (Wildman–Crippen MR) is 215 cm³/mol. The van der Waals surface area contributed by atoms with Gasteiger partial charge in [0.25, 0.3) is 0 Å². The number of hydrogen-bond donors (Lipinski definition) is 0. The molecular weight excluding hydrogens is 712 g/mol. The van der Waals surface area contributed by atoms with E-state index in [9.17, 15) is 4.79 Å². The van der Waals surface area contributed by atoms with Crippen molar-refractivity contribution in [2.75, 3.05) is 152 Å². The van der Waals surface area contributed by atoms with Crippen LogP contribution < -0.4 is 0 Å². The van der Waals surface area contributed by atoms with E-state index in [2.05, 4.69) is 13.8 Å². The molecule has 0 amide bonds. The van der Waals surface area contributed by atoms with Crippen LogP contribution in [0.15, 0.2) is 0 Å². The zero-order chi connectivity index (χ0) is 39.6. The van der Waals surface area contributed by atoms with Crippen molar-refractivity contribution in [1.82, 2.24) is 0 Å². The molecule has 0 aromatic carbocycles. The van der Waals surface area contributed by atoms with Crippen molar-refractivity contribution in [3.63, 3.8) is 0 Å². The van der Waals surface area contributed by atoms with E-state index in [1.54, 1.807) is 0 Å². The zero-order valence-corrected chi connectivity index (χ0v) is 35.4. The molecule has 0 radical (unpaired) electrons. The third kappa shape index (κ3) is 51.0. The number of ether oxygens (including phenoxy) is 12. The van der Waals surface area contributed by atoms with Crippen LogP contribution in [0.4, 0.5) is 0 Å². The predicted octanol–water partition coefficient (Wildman–Crippen LogP) is 6.99. The van der Waals surface area contributed by atoms with Gasteiger partial charge >= 0.3 is 5.97 Å². The molecule has 0 heterocycles. The topological polar surface area (TPSA) is 128 Å². The molecule has 0 unspecified atom stereocenters. The van der Waals surface area contributed by atoms with Crippen molar-refractivity contribution in [2.45, 2.75) is 117 Å². The molecule has 0 N–H and O–H groups in total. The number of unbranched alkanes of at least 4 members (excludes halogenated alkanes) is 13. The average Bonchev–Trinajstić information content (AvgIpc) is 3.19. The highest BCUT2D eigenvalue weighted by molar-refractivity contribution is 5.69. The molecule has 0 bridgehead atoms. The fraction of sp³-hybridized carbons (Fsp3) is 0.976. The Morgan fingerprint density at radius 2 is 0.473 bits per heavy atom. The van der Waals surface area contributed by atoms with E-state index in [1.807, 2.05) is 0 Å². The Kier molecular flexibility index (Phi) is 50.1. The SMILES string of the molecule is CCCCCCCCCCCCOCCOCCOCCOCCOCCOCCOCCOCCOCCOCCOCCOC(=O)CCCCCCC. The molecule has 0 aliphatic heterocycles. The number of carbonyl (C=O) groups is 1. The molecule has 0 aromatic heterocycles. The standard InChI is InChI=1S/C42H84O13/c1-3-5-7-9-10-11-12-13-15-17-19-44-20-21-45-22-23-46-24-25-47-26-27-48-28-29-49-30-31-50-32-33-51-34-35-52-36-37-53-38-39-54-40-41-55-42(43)18-16-14-8-6-4-2/h3-41H2,1-2H3. The molecule has 0 spiro atoms. The minimum atomic E-state index is -0.145. The van der Waals surface area contributed by atoms with E-state index in [4.69, 9.17) is 56.8 Å². The first kappa shape index (κ1) is 54.0. The van der Waals surface area contributed by atoms with Gasteiger partial charge in [-0.1, -0.05) is 97.3 Å². The minimum absolute atomic E-state index is 0.145. The minimum Gasteiger partial charge on any atom is -0.463 e. The summed E-state index contributed by atoms with van der Waals surface area (Å²) in [6.45, 7) is 16.4. The van der Waals surface area contributed by atoms with Gasteiger partial charge in [0.05, 0.1) is 139 Å². The summed E-state index contributed by atoms with van der Waals surface area (Å²) in [6, 6.07) is 0. The second kappa shape index (κ2) is 51.0. The number of carbonyl (C=O) groups excluding carboxylic acids is 1. The van der Waals surface area contributed by atoms with Crippen LogP contribution in [0, 0.1) is 0 Å². The van der Waals surface area contributed by atoms with E-state index in [1.165, 1.54) is 77.0 Å². The Morgan fingerprint density at radius 3 is 0.764 bits per heavy atom. The molecular formula is C42H84O13. The monoisotopic (exact) mass is 797 g/mol. The maximum atomic E-state index is 11.6. The summed E-state index contributed by atoms with van der Waals surface area (Å²) in [5, 5.41) is 0. The molecule has 0 aliphatic rings. The van der Waals surface area contributed by atoms with Crippen LogP contribution in [0.2, 0.25) is 0 Å². The lowest BCUT2D eigenvalue weighted by molar-refractivity contribution is -0.145. The van der Waals surface area contributed by atoms with Crippen LogP contribution in [0.3, 0.4) is 0 Å². The number of rotatable bonds is 50. The lowest BCUT2D eigenvalue weighted by Gasteiger charge is -2.09. The quantitative estimate of drug-likeness (QED) is 0.0464. The Morgan fingerprint density at radius 1 is 0.255 bits per heavy atom. The fourth-order valence-electron chi connectivity index (χ4n) is 5.15. The summed E-state index contributed by atoms with van der Waals surface area (Å²) in [5.74, 6) is -0.145. The summed E-state index contributed by atoms with van der Waals surface area (Å²) in [7, 11) is 0. The van der Waals surface area contributed by atoms with Crippen molar-refractivity contribution in [3.05, 3.63) is 0 Å². The van der Waals surface area contributed by atoms with Gasteiger partial charge in [0.15, 0.2) is 0 Å². The van der Waals surface area contributed by atoms with Crippen molar-refractivity contribution < 1.29 is 61.6 Å². The second-order valence-corrected chi connectivity index (χ2v) is 13.3. The lowest BCUT2D eigenvalue weighted by Crippen LogP contribution is -2.15. The van der Waals surface area contributed by atoms with Gasteiger partial charge in [0.2, 0.25) is 0 Å². The Bertz CT molecular complexity index is 704. The third-order valence-corrected chi connectivity index (χ3v) is 8.34. The van der Waals surface area contributed by atoms with Gasteiger partial charge in [-0.3, -0.25) is 4.79 Å². The summed E-state index contributed by atoms with van der Waals surface area (Å²) < 4.78 is 65.8. The van der Waals surface area contributed by atoms with E-state index >= 15 is 0 Å². The van der Waals surface area contributed by atoms with Gasteiger partial charge in [-0.15, -0.1) is 0 Å². The molecule has 0 aliphatic carbocycles. The van der Waals surface area contributed by atoms with Crippen LogP contribution >= 0.6 is 0 Å². The third-order valence-electron chi connectivity index (χ3n) is 8.34. The molecule has 55 heavy (non-hydrogen) atoms. The highest BCUT2D eigenvalue weighted by Crippen LogP contribution is 2.10. The summed E-state index contributed by atoms with van der Waals surface area (Å²) in [6.07, 6.45) is 19.5. The molecule has 0 rings (SSSR count). The Labute approximate surface area is 335 Å². The average molecular weight is 797 g/mol. The van der Waals surface area contributed by atoms with Gasteiger partial charge < -0.3 is 56.8 Å². The smallest absolute Gasteiger partial charge is 0.305 e. The molecule has 0 saturated heterocycles. The molecule has 0 saturated carbocycles. The molecule has 0 aromatic rings. The highest BCUT2D eigenvalue weighted by Gasteiger charge is 2.03. The summed E-state index contributed by atoms with van der Waals surface area (Å²) in [4.78, 5) is 11.6. The zero-order valence-electron chi connectivity index (χ0n) is 35.4. The Hall–Kier alpha value is -0.970. The van der Waals surface area contributed by atoms with Crippen molar-refractivity contribution in [2.24, 2.45) is 0 Å². The summed E-state index contributed by atoms with van der Waals surface area (Å²) >= 11 is 0. The summed E-state index contributed by atoms with van der Waals surface area (Å²) in [5.41, 5.74) is 0. The van der Waals surface area contributed by atoms with Crippen LogP contribution in [0.1, 0.15) is 117 Å². The van der Waals surface area contributed by atoms with Gasteiger partial charge in [-0.2, -0.15) is 0 Å². The van der Waals surface area contributed by atoms with Crippen molar-refractivity contribution in [1.29, 1.82) is 0 Å². The first-order valence-electron chi connectivity index (χ1n) is 21.8. The van der Waals surface area contributed by atoms with Crippen LogP contribution in [-0.2, 0) is 61.6 Å². The van der Waals surface area contributed by atoms with Crippen LogP contribution in [0.25, 0.3) is 0 Å². The second-order valence-electron chi connectivity index (χ2n) is 13.3. The van der Waals surface area contributed by atoms with Gasteiger partial charge in [-0.25, -0.2) is 0 Å². The van der Waals surface area contributed by atoms with Gasteiger partial charge in [0, 0.05) is 13.0 Å². The number of esters is 1. The van der Waals surface area contributed by atoms with Crippen molar-refractivity contribution >= 4 is 5.97 Å². The van der Waals surface area contributed by atoms with Gasteiger partial charge in [0.1, 0.15) is 6.61 Å². The normalized spacial score (nSPS) is 11.5.